The molecule has 2 N–H and O–H groups in total. The van der Waals surface area contributed by atoms with E-state index in [1.807, 2.05) is 31.3 Å². The summed E-state index contributed by atoms with van der Waals surface area (Å²) in [6.45, 7) is 8.13. The van der Waals surface area contributed by atoms with Crippen LogP contribution in [0.15, 0.2) is 24.3 Å². The van der Waals surface area contributed by atoms with E-state index in [4.69, 9.17) is 4.74 Å². The third-order valence-corrected chi connectivity index (χ3v) is 5.42. The minimum absolute atomic E-state index is 0.00175. The maximum absolute atomic E-state index is 12.5. The number of para-hydroxylation sites is 2. The number of carbonyl (C=O) groups excluding carboxylic acids is 1. The summed E-state index contributed by atoms with van der Waals surface area (Å²) in [6.07, 6.45) is 1.32. The lowest BCUT2D eigenvalue weighted by molar-refractivity contribution is -0.107. The second kappa shape index (κ2) is 6.04. The van der Waals surface area contributed by atoms with Crippen LogP contribution in [0.1, 0.15) is 27.2 Å². The van der Waals surface area contributed by atoms with Crippen molar-refractivity contribution in [3.63, 3.8) is 0 Å². The first-order valence-corrected chi connectivity index (χ1v) is 8.44. The summed E-state index contributed by atoms with van der Waals surface area (Å²) < 4.78 is 5.78. The van der Waals surface area contributed by atoms with Gasteiger partial charge in [0.1, 0.15) is 0 Å². The van der Waals surface area contributed by atoms with E-state index in [1.54, 1.807) is 0 Å². The molecule has 0 unspecified atom stereocenters. The number of hydrogen-bond acceptors (Lipinski definition) is 3. The van der Waals surface area contributed by atoms with E-state index in [0.29, 0.717) is 5.92 Å². The van der Waals surface area contributed by atoms with Crippen LogP contribution in [-0.2, 0) is 4.74 Å². The van der Waals surface area contributed by atoms with E-state index in [-0.39, 0.29) is 23.6 Å². The molecular weight excluding hydrogens is 290 g/mol. The molecule has 5 nitrogen and oxygen atoms in total. The zero-order valence-corrected chi connectivity index (χ0v) is 14.4. The summed E-state index contributed by atoms with van der Waals surface area (Å²) in [5.41, 5.74) is 1.86. The van der Waals surface area contributed by atoms with Crippen LogP contribution in [0.4, 0.5) is 16.2 Å². The minimum atomic E-state index is -0.134. The first kappa shape index (κ1) is 16.1. The van der Waals surface area contributed by atoms with Gasteiger partial charge in [0, 0.05) is 37.6 Å². The van der Waals surface area contributed by atoms with E-state index in [1.165, 1.54) is 0 Å². The lowest BCUT2D eigenvalue weighted by Gasteiger charge is -2.54. The molecule has 1 saturated heterocycles. The molecule has 1 aromatic carbocycles. The van der Waals surface area contributed by atoms with Crippen LogP contribution >= 0.6 is 0 Å². The van der Waals surface area contributed by atoms with E-state index >= 15 is 0 Å². The summed E-state index contributed by atoms with van der Waals surface area (Å²) in [7, 11) is 2.02. The molecule has 2 fully saturated rings. The third-order valence-electron chi connectivity index (χ3n) is 5.42. The number of nitrogens with one attached hydrogen (secondary N) is 2. The van der Waals surface area contributed by atoms with Gasteiger partial charge in [0.2, 0.25) is 0 Å². The molecule has 126 valence electrons. The SMILES string of the molecule is CCN(C)c1ccccc1NC(=O)N[C@@H]1[C@H]2CCO[C@@H]2C1(C)C. The minimum Gasteiger partial charge on any atom is -0.377 e. The van der Waals surface area contributed by atoms with Gasteiger partial charge in [0.15, 0.2) is 0 Å². The van der Waals surface area contributed by atoms with E-state index in [0.717, 1.165) is 30.9 Å². The highest BCUT2D eigenvalue weighted by Crippen LogP contribution is 2.52. The highest BCUT2D eigenvalue weighted by atomic mass is 16.5. The van der Waals surface area contributed by atoms with Crippen LogP contribution in [0.3, 0.4) is 0 Å². The lowest BCUT2D eigenvalue weighted by Crippen LogP contribution is -2.67. The molecule has 2 amide bonds. The molecule has 2 aliphatic rings. The van der Waals surface area contributed by atoms with Gasteiger partial charge in [-0.05, 0) is 25.5 Å². The normalized spacial score (nSPS) is 27.7. The first-order chi connectivity index (χ1) is 10.9. The predicted octanol–water partition coefficient (Wildman–Crippen LogP) is 3.08. The Bertz CT molecular complexity index is 587. The molecular formula is C18H27N3O2. The quantitative estimate of drug-likeness (QED) is 0.897. The Morgan fingerprint density at radius 1 is 1.39 bits per heavy atom. The molecule has 1 aliphatic heterocycles. The van der Waals surface area contributed by atoms with Crippen molar-refractivity contribution in [1.82, 2.24) is 5.32 Å². The maximum Gasteiger partial charge on any atom is 0.319 e. The van der Waals surface area contributed by atoms with Crippen LogP contribution < -0.4 is 15.5 Å². The summed E-state index contributed by atoms with van der Waals surface area (Å²) in [4.78, 5) is 14.6. The van der Waals surface area contributed by atoms with Gasteiger partial charge in [0.25, 0.3) is 0 Å². The molecule has 0 radical (unpaired) electrons. The molecule has 5 heteroatoms. The Morgan fingerprint density at radius 3 is 2.87 bits per heavy atom. The van der Waals surface area contributed by atoms with Crippen molar-refractivity contribution in [1.29, 1.82) is 0 Å². The number of fused-ring (bicyclic) bond motifs is 1. The molecule has 3 atom stereocenters. The third kappa shape index (κ3) is 2.78. The van der Waals surface area contributed by atoms with E-state index in [2.05, 4.69) is 36.3 Å². The molecule has 1 aromatic rings. The Balaban J connectivity index is 1.67. The zero-order valence-electron chi connectivity index (χ0n) is 14.4. The number of anilines is 2. The van der Waals surface area contributed by atoms with Crippen molar-refractivity contribution < 1.29 is 9.53 Å². The molecule has 0 aromatic heterocycles. The summed E-state index contributed by atoms with van der Waals surface area (Å²) in [5, 5.41) is 6.17. The van der Waals surface area contributed by atoms with E-state index in [9.17, 15) is 4.79 Å². The van der Waals surface area contributed by atoms with Gasteiger partial charge in [-0.15, -0.1) is 0 Å². The van der Waals surface area contributed by atoms with Gasteiger partial charge in [0.05, 0.1) is 17.5 Å². The number of nitrogens with zero attached hydrogens (tertiary/aromatic N) is 1. The fraction of sp³-hybridized carbons (Fsp3) is 0.611. The van der Waals surface area contributed by atoms with Crippen molar-refractivity contribution in [3.8, 4) is 0 Å². The van der Waals surface area contributed by atoms with E-state index < -0.39 is 0 Å². The van der Waals surface area contributed by atoms with Crippen LogP contribution in [0.25, 0.3) is 0 Å². The standard InChI is InChI=1S/C18H27N3O2/c1-5-21(4)14-9-7-6-8-13(14)19-17(22)20-15-12-10-11-23-16(12)18(15,2)3/h6-9,12,15-16H,5,10-11H2,1-4H3,(H2,19,20,22)/t12-,15-,16+/m1/s1. The second-order valence-electron chi connectivity index (χ2n) is 7.17. The number of urea groups is 1. The van der Waals surface area contributed by atoms with Gasteiger partial charge in [-0.2, -0.15) is 0 Å². The molecule has 0 spiro atoms. The number of rotatable bonds is 4. The Kier molecular flexibility index (Phi) is 4.23. The fourth-order valence-electron chi connectivity index (χ4n) is 4.00. The topological polar surface area (TPSA) is 53.6 Å². The zero-order chi connectivity index (χ0) is 16.6. The number of carbonyl (C=O) groups is 1. The van der Waals surface area contributed by atoms with Crippen LogP contribution in [0.2, 0.25) is 0 Å². The second-order valence-corrected chi connectivity index (χ2v) is 7.17. The van der Waals surface area contributed by atoms with Gasteiger partial charge in [-0.3, -0.25) is 0 Å². The maximum atomic E-state index is 12.5. The first-order valence-electron chi connectivity index (χ1n) is 8.44. The Hall–Kier alpha value is -1.75. The number of ether oxygens (including phenoxy) is 1. The smallest absolute Gasteiger partial charge is 0.319 e. The monoisotopic (exact) mass is 317 g/mol. The van der Waals surface area contributed by atoms with Crippen molar-refractivity contribution >= 4 is 17.4 Å². The molecule has 1 aliphatic carbocycles. The van der Waals surface area contributed by atoms with Crippen LogP contribution in [0, 0.1) is 11.3 Å². The highest BCUT2D eigenvalue weighted by molar-refractivity contribution is 5.93. The molecule has 0 bridgehead atoms. The average molecular weight is 317 g/mol. The summed E-state index contributed by atoms with van der Waals surface area (Å²) >= 11 is 0. The van der Waals surface area contributed by atoms with Crippen molar-refractivity contribution in [3.05, 3.63) is 24.3 Å². The highest BCUT2D eigenvalue weighted by Gasteiger charge is 2.59. The van der Waals surface area contributed by atoms with Crippen molar-refractivity contribution in [2.24, 2.45) is 11.3 Å². The molecule has 1 heterocycles. The predicted molar refractivity (Wildman–Crippen MR) is 93.0 cm³/mol. The van der Waals surface area contributed by atoms with Gasteiger partial charge in [-0.25, -0.2) is 4.79 Å². The fourth-order valence-corrected chi connectivity index (χ4v) is 4.00. The van der Waals surface area contributed by atoms with Crippen molar-refractivity contribution in [2.75, 3.05) is 30.4 Å². The van der Waals surface area contributed by atoms with Crippen LogP contribution in [-0.4, -0.2) is 38.4 Å². The van der Waals surface area contributed by atoms with Crippen LogP contribution in [0.5, 0.6) is 0 Å². The van der Waals surface area contributed by atoms with Gasteiger partial charge in [-0.1, -0.05) is 26.0 Å². The van der Waals surface area contributed by atoms with Gasteiger partial charge >= 0.3 is 6.03 Å². The number of amides is 2. The molecule has 1 saturated carbocycles. The van der Waals surface area contributed by atoms with Gasteiger partial charge < -0.3 is 20.3 Å². The number of benzene rings is 1. The Morgan fingerprint density at radius 2 is 2.13 bits per heavy atom. The Labute approximate surface area is 138 Å². The van der Waals surface area contributed by atoms with Crippen molar-refractivity contribution in [2.45, 2.75) is 39.3 Å². The number of hydrogen-bond donors (Lipinski definition) is 2. The molecule has 3 rings (SSSR count). The average Bonchev–Trinajstić information content (AvgIpc) is 2.99. The summed E-state index contributed by atoms with van der Waals surface area (Å²) in [5.74, 6) is 0.448. The largest absolute Gasteiger partial charge is 0.377 e. The molecule has 23 heavy (non-hydrogen) atoms. The summed E-state index contributed by atoms with van der Waals surface area (Å²) in [6, 6.07) is 7.93. The lowest BCUT2D eigenvalue weighted by atomic mass is 9.57.